The van der Waals surface area contributed by atoms with Crippen LogP contribution in [-0.4, -0.2) is 108 Å². The SMILES string of the molecule is Cc1c(-c2cc3cc(NC(=O)OC4CCC5(CC4)CCN(CC4CCN(c6ccc7c(c6)C(=O)N(C6CCC(=O)NC6=O)C7=O)CC4)CC5)ncc3cc2F)cnc2c1NCCO2. The van der Waals surface area contributed by atoms with Crippen LogP contribution in [0.4, 0.5) is 26.4 Å². The number of pyridine rings is 2. The molecule has 2 aromatic heterocycles. The molecular weight excluding hydrogens is 808 g/mol. The first-order valence-electron chi connectivity index (χ1n) is 22.3. The molecule has 1 aliphatic carbocycles. The highest BCUT2D eigenvalue weighted by Gasteiger charge is 2.45. The van der Waals surface area contributed by atoms with Crippen LogP contribution in [0.5, 0.6) is 5.88 Å². The predicted molar refractivity (Wildman–Crippen MR) is 232 cm³/mol. The number of nitrogens with one attached hydrogen (secondary N) is 3. The molecule has 4 fully saturated rings. The number of nitrogens with zero attached hydrogens (tertiary/aromatic N) is 5. The fraction of sp³-hybridized carbons (Fsp3) is 0.468. The predicted octanol–water partition coefficient (Wildman–Crippen LogP) is 6.44. The van der Waals surface area contributed by atoms with Crippen LogP contribution < -0.4 is 25.6 Å². The van der Waals surface area contributed by atoms with E-state index in [0.29, 0.717) is 58.4 Å². The number of carbonyl (C=O) groups is 5. The summed E-state index contributed by atoms with van der Waals surface area (Å²) < 4.78 is 26.9. The molecule has 5 amide bonds. The highest BCUT2D eigenvalue weighted by Crippen LogP contribution is 2.46. The van der Waals surface area contributed by atoms with Crippen molar-refractivity contribution in [2.45, 2.75) is 83.3 Å². The molecule has 3 N–H and O–H groups in total. The fourth-order valence-electron chi connectivity index (χ4n) is 10.6. The molecule has 1 unspecified atom stereocenters. The number of hydrogen-bond donors (Lipinski definition) is 3. The van der Waals surface area contributed by atoms with Crippen molar-refractivity contribution in [1.29, 1.82) is 0 Å². The highest BCUT2D eigenvalue weighted by molar-refractivity contribution is 6.23. The van der Waals surface area contributed by atoms with E-state index in [1.54, 1.807) is 36.7 Å². The molecule has 0 bridgehead atoms. The summed E-state index contributed by atoms with van der Waals surface area (Å²) in [5, 5.41) is 9.70. The van der Waals surface area contributed by atoms with Crippen LogP contribution in [-0.2, 0) is 14.3 Å². The van der Waals surface area contributed by atoms with Gasteiger partial charge in [-0.05, 0) is 136 Å². The average Bonchev–Trinajstić information content (AvgIpc) is 3.53. The van der Waals surface area contributed by atoms with Crippen LogP contribution in [0.15, 0.2) is 48.8 Å². The molecule has 16 heteroatoms. The van der Waals surface area contributed by atoms with E-state index in [4.69, 9.17) is 9.47 Å². The Morgan fingerprint density at radius 3 is 2.43 bits per heavy atom. The number of hydrogen-bond acceptors (Lipinski definition) is 12. The molecule has 7 heterocycles. The number of anilines is 3. The van der Waals surface area contributed by atoms with E-state index in [1.165, 1.54) is 6.07 Å². The minimum absolute atomic E-state index is 0.0907. The molecule has 1 atom stereocenters. The highest BCUT2D eigenvalue weighted by atomic mass is 19.1. The number of ether oxygens (including phenoxy) is 2. The minimum Gasteiger partial charge on any atom is -0.474 e. The summed E-state index contributed by atoms with van der Waals surface area (Å²) in [6.07, 6.45) is 10.7. The summed E-state index contributed by atoms with van der Waals surface area (Å²) in [5.41, 5.74) is 4.47. The largest absolute Gasteiger partial charge is 0.474 e. The third kappa shape index (κ3) is 7.93. The number of carbonyl (C=O) groups excluding carboxylic acids is 5. The Morgan fingerprint density at radius 1 is 0.873 bits per heavy atom. The topological polar surface area (TPSA) is 175 Å². The molecule has 6 aliphatic rings. The number of halogens is 1. The molecule has 4 aromatic rings. The van der Waals surface area contributed by atoms with Gasteiger partial charge in [-0.3, -0.25) is 34.7 Å². The second-order valence-electron chi connectivity index (χ2n) is 18.1. The second-order valence-corrected chi connectivity index (χ2v) is 18.1. The fourth-order valence-corrected chi connectivity index (χ4v) is 10.6. The summed E-state index contributed by atoms with van der Waals surface area (Å²) in [6.45, 7) is 7.98. The molecule has 10 rings (SSSR count). The van der Waals surface area contributed by atoms with E-state index in [-0.39, 0.29) is 30.2 Å². The van der Waals surface area contributed by atoms with Crippen LogP contribution in [0.3, 0.4) is 0 Å². The zero-order chi connectivity index (χ0) is 43.4. The molecular formula is C47H51FN8O7. The van der Waals surface area contributed by atoms with Gasteiger partial charge >= 0.3 is 6.09 Å². The first-order valence-corrected chi connectivity index (χ1v) is 22.3. The molecule has 0 radical (unpaired) electrons. The second kappa shape index (κ2) is 16.5. The van der Waals surface area contributed by atoms with Crippen molar-refractivity contribution in [3.8, 4) is 17.0 Å². The van der Waals surface area contributed by atoms with Crippen molar-refractivity contribution in [1.82, 2.24) is 25.1 Å². The quantitative estimate of drug-likeness (QED) is 0.174. The van der Waals surface area contributed by atoms with Gasteiger partial charge in [0.1, 0.15) is 36.1 Å². The van der Waals surface area contributed by atoms with Crippen LogP contribution >= 0.6 is 0 Å². The first kappa shape index (κ1) is 40.9. The van der Waals surface area contributed by atoms with Crippen molar-refractivity contribution < 1.29 is 37.8 Å². The van der Waals surface area contributed by atoms with Crippen LogP contribution in [0, 0.1) is 24.1 Å². The van der Waals surface area contributed by atoms with Gasteiger partial charge in [0.15, 0.2) is 0 Å². The van der Waals surface area contributed by atoms with Crippen molar-refractivity contribution in [3.05, 3.63) is 71.3 Å². The summed E-state index contributed by atoms with van der Waals surface area (Å²) >= 11 is 0. The van der Waals surface area contributed by atoms with Crippen molar-refractivity contribution in [2.75, 3.05) is 61.4 Å². The number of benzene rings is 2. The molecule has 5 aliphatic heterocycles. The Hall–Kier alpha value is -6.16. The van der Waals surface area contributed by atoms with E-state index in [2.05, 4.69) is 35.7 Å². The van der Waals surface area contributed by atoms with Gasteiger partial charge in [0.2, 0.25) is 17.7 Å². The standard InChI is InChI=1S/C47H51FN8O7/c1-27-36(25-51-43-41(27)49-14-19-62-43)34-20-29-22-39(50-24-30(29)21-37(34)48)52-46(61)63-32-6-10-47(11-7-32)12-17-54(18-13-47)26-28-8-15-55(16-9-28)31-2-3-33-35(23-31)45(60)56(44(33)59)38-4-5-40(57)53-42(38)58/h2-3,20-25,28,32,38,49H,4-19,26H2,1H3,(H,50,52,61)(H,53,57,58). The molecule has 3 saturated heterocycles. The lowest BCUT2D eigenvalue weighted by Crippen LogP contribution is -2.54. The van der Waals surface area contributed by atoms with Crippen molar-refractivity contribution in [2.24, 2.45) is 11.3 Å². The van der Waals surface area contributed by atoms with Gasteiger partial charge in [0.25, 0.3) is 11.8 Å². The van der Waals surface area contributed by atoms with Gasteiger partial charge in [-0.1, -0.05) is 0 Å². The van der Waals surface area contributed by atoms with Gasteiger partial charge in [0, 0.05) is 67.2 Å². The molecule has 63 heavy (non-hydrogen) atoms. The maximum absolute atomic E-state index is 15.4. The van der Waals surface area contributed by atoms with Crippen LogP contribution in [0.1, 0.15) is 90.5 Å². The third-order valence-electron chi connectivity index (χ3n) is 14.4. The number of piperidine rings is 3. The number of imide groups is 2. The normalized spacial score (nSPS) is 21.8. The van der Waals surface area contributed by atoms with E-state index in [9.17, 15) is 24.0 Å². The van der Waals surface area contributed by atoms with Gasteiger partial charge in [-0.15, -0.1) is 0 Å². The minimum atomic E-state index is -0.974. The van der Waals surface area contributed by atoms with Gasteiger partial charge in [0.05, 0.1) is 11.1 Å². The monoisotopic (exact) mass is 858 g/mol. The lowest BCUT2D eigenvalue weighted by molar-refractivity contribution is -0.136. The van der Waals surface area contributed by atoms with E-state index in [1.807, 2.05) is 13.0 Å². The smallest absolute Gasteiger partial charge is 0.413 e. The lowest BCUT2D eigenvalue weighted by atomic mass is 9.67. The van der Waals surface area contributed by atoms with Gasteiger partial charge < -0.3 is 24.6 Å². The summed E-state index contributed by atoms with van der Waals surface area (Å²) in [7, 11) is 0. The zero-order valence-electron chi connectivity index (χ0n) is 35.3. The molecule has 15 nitrogen and oxygen atoms in total. The van der Waals surface area contributed by atoms with E-state index < -0.39 is 35.8 Å². The molecule has 1 spiro atoms. The van der Waals surface area contributed by atoms with E-state index in [0.717, 1.165) is 111 Å². The van der Waals surface area contributed by atoms with Crippen LogP contribution in [0.25, 0.3) is 21.9 Å². The maximum Gasteiger partial charge on any atom is 0.413 e. The molecule has 2 aromatic carbocycles. The summed E-state index contributed by atoms with van der Waals surface area (Å²) in [4.78, 5) is 78.4. The van der Waals surface area contributed by atoms with Gasteiger partial charge in [-0.2, -0.15) is 0 Å². The Morgan fingerprint density at radius 2 is 1.65 bits per heavy atom. The average molecular weight is 859 g/mol. The Kier molecular flexibility index (Phi) is 10.7. The Balaban J connectivity index is 0.674. The number of fused-ring (bicyclic) bond motifs is 3. The maximum atomic E-state index is 15.4. The molecule has 328 valence electrons. The van der Waals surface area contributed by atoms with Crippen molar-refractivity contribution >= 4 is 57.7 Å². The zero-order valence-corrected chi connectivity index (χ0v) is 35.3. The molecule has 1 saturated carbocycles. The number of amides is 5. The van der Waals surface area contributed by atoms with Gasteiger partial charge in [-0.25, -0.2) is 19.2 Å². The first-order chi connectivity index (χ1) is 30.5. The number of aromatic nitrogens is 2. The Bertz CT molecular complexity index is 2520. The Labute approximate surface area is 364 Å². The lowest BCUT2D eigenvalue weighted by Gasteiger charge is -2.46. The van der Waals surface area contributed by atoms with Crippen LogP contribution in [0.2, 0.25) is 0 Å². The summed E-state index contributed by atoms with van der Waals surface area (Å²) in [6, 6.07) is 9.33. The van der Waals surface area contributed by atoms with Crippen molar-refractivity contribution in [3.63, 3.8) is 0 Å². The van der Waals surface area contributed by atoms with E-state index >= 15 is 4.39 Å². The number of likely N-dealkylation sites (tertiary alicyclic amines) is 1. The number of rotatable bonds is 7. The third-order valence-corrected chi connectivity index (χ3v) is 14.4. The summed E-state index contributed by atoms with van der Waals surface area (Å²) in [5.74, 6) is -0.933.